The minimum absolute atomic E-state index is 0.383. The summed E-state index contributed by atoms with van der Waals surface area (Å²) in [5, 5.41) is 0.742. The lowest BCUT2D eigenvalue weighted by Gasteiger charge is -2.26. The summed E-state index contributed by atoms with van der Waals surface area (Å²) < 4.78 is 5.55. The molecule has 0 bridgehead atoms. The van der Waals surface area contributed by atoms with Gasteiger partial charge in [-0.25, -0.2) is 0 Å². The van der Waals surface area contributed by atoms with Gasteiger partial charge < -0.3 is 10.5 Å². The van der Waals surface area contributed by atoms with Crippen LogP contribution in [-0.2, 0) is 0 Å². The first-order valence-corrected chi connectivity index (χ1v) is 7.63. The van der Waals surface area contributed by atoms with Gasteiger partial charge >= 0.3 is 0 Å². The number of benzene rings is 1. The smallest absolute Gasteiger partial charge is 0.124 e. The SMILES string of the molecule is COc1cc(Cl)cc(C2CC(CN)CN2C)c1C(C)C. The van der Waals surface area contributed by atoms with Crippen LogP contribution in [0.1, 0.15) is 43.4 Å². The molecule has 20 heavy (non-hydrogen) atoms. The van der Waals surface area contributed by atoms with Crippen LogP contribution in [0.4, 0.5) is 0 Å². The van der Waals surface area contributed by atoms with E-state index in [1.165, 1.54) is 11.1 Å². The first kappa shape index (κ1) is 15.6. The van der Waals surface area contributed by atoms with Crippen LogP contribution in [-0.4, -0.2) is 32.1 Å². The monoisotopic (exact) mass is 296 g/mol. The molecule has 0 saturated carbocycles. The summed E-state index contributed by atoms with van der Waals surface area (Å²) in [6.45, 7) is 6.19. The van der Waals surface area contributed by atoms with Gasteiger partial charge in [0.1, 0.15) is 5.75 Å². The molecule has 1 aliphatic heterocycles. The fourth-order valence-corrected chi connectivity index (χ4v) is 3.53. The van der Waals surface area contributed by atoms with Crippen LogP contribution in [0.15, 0.2) is 12.1 Å². The van der Waals surface area contributed by atoms with Gasteiger partial charge in [-0.05, 0) is 49.5 Å². The molecule has 1 aromatic rings. The van der Waals surface area contributed by atoms with Crippen molar-refractivity contribution in [2.45, 2.75) is 32.2 Å². The zero-order valence-corrected chi connectivity index (χ0v) is 13.6. The van der Waals surface area contributed by atoms with Gasteiger partial charge in [0.25, 0.3) is 0 Å². The Balaban J connectivity index is 2.47. The zero-order valence-electron chi connectivity index (χ0n) is 12.8. The zero-order chi connectivity index (χ0) is 14.9. The Bertz CT molecular complexity index is 476. The van der Waals surface area contributed by atoms with E-state index in [1.54, 1.807) is 7.11 Å². The molecule has 1 fully saturated rings. The largest absolute Gasteiger partial charge is 0.496 e. The molecule has 0 spiro atoms. The van der Waals surface area contributed by atoms with Crippen molar-refractivity contribution in [1.82, 2.24) is 4.90 Å². The Morgan fingerprint density at radius 3 is 2.65 bits per heavy atom. The van der Waals surface area contributed by atoms with E-state index in [0.717, 1.165) is 30.3 Å². The van der Waals surface area contributed by atoms with Gasteiger partial charge in [0.2, 0.25) is 0 Å². The molecule has 3 nitrogen and oxygen atoms in total. The number of hydrogen-bond acceptors (Lipinski definition) is 3. The highest BCUT2D eigenvalue weighted by atomic mass is 35.5. The third kappa shape index (κ3) is 2.95. The maximum absolute atomic E-state index is 6.28. The molecule has 0 amide bonds. The Morgan fingerprint density at radius 2 is 2.15 bits per heavy atom. The van der Waals surface area contributed by atoms with Crippen LogP contribution in [0.25, 0.3) is 0 Å². The lowest BCUT2D eigenvalue weighted by atomic mass is 9.89. The second-order valence-electron chi connectivity index (χ2n) is 6.06. The summed E-state index contributed by atoms with van der Waals surface area (Å²) >= 11 is 6.28. The summed E-state index contributed by atoms with van der Waals surface area (Å²) in [7, 11) is 3.88. The van der Waals surface area contributed by atoms with Crippen LogP contribution in [0.5, 0.6) is 5.75 Å². The van der Waals surface area contributed by atoms with Crippen molar-refractivity contribution in [2.75, 3.05) is 27.2 Å². The van der Waals surface area contributed by atoms with E-state index in [1.807, 2.05) is 6.07 Å². The summed E-state index contributed by atoms with van der Waals surface area (Å²) in [5.41, 5.74) is 8.41. The highest BCUT2D eigenvalue weighted by Gasteiger charge is 2.32. The van der Waals surface area contributed by atoms with Crippen molar-refractivity contribution >= 4 is 11.6 Å². The quantitative estimate of drug-likeness (QED) is 0.925. The van der Waals surface area contributed by atoms with Crippen molar-refractivity contribution in [1.29, 1.82) is 0 Å². The Kier molecular flexibility index (Phi) is 4.95. The second-order valence-corrected chi connectivity index (χ2v) is 6.49. The maximum atomic E-state index is 6.28. The molecule has 2 unspecified atom stereocenters. The predicted octanol–water partition coefficient (Wildman–Crippen LogP) is 3.42. The highest BCUT2D eigenvalue weighted by Crippen LogP contribution is 2.42. The van der Waals surface area contributed by atoms with Gasteiger partial charge in [0, 0.05) is 23.2 Å². The molecule has 4 heteroatoms. The van der Waals surface area contributed by atoms with Crippen molar-refractivity contribution in [3.05, 3.63) is 28.3 Å². The maximum Gasteiger partial charge on any atom is 0.124 e. The third-order valence-corrected chi connectivity index (χ3v) is 4.48. The van der Waals surface area contributed by atoms with Crippen molar-refractivity contribution < 1.29 is 4.74 Å². The fourth-order valence-electron chi connectivity index (χ4n) is 3.32. The molecular weight excluding hydrogens is 272 g/mol. The lowest BCUT2D eigenvalue weighted by molar-refractivity contribution is 0.310. The topological polar surface area (TPSA) is 38.5 Å². The number of nitrogens with zero attached hydrogens (tertiary/aromatic N) is 1. The predicted molar refractivity (Wildman–Crippen MR) is 84.6 cm³/mol. The fraction of sp³-hybridized carbons (Fsp3) is 0.625. The number of likely N-dealkylation sites (tertiary alicyclic amines) is 1. The van der Waals surface area contributed by atoms with Crippen LogP contribution >= 0.6 is 11.6 Å². The molecule has 2 rings (SSSR count). The summed E-state index contributed by atoms with van der Waals surface area (Å²) in [6.07, 6.45) is 1.09. The molecular formula is C16H25ClN2O. The van der Waals surface area contributed by atoms with Gasteiger partial charge in [0.05, 0.1) is 7.11 Å². The van der Waals surface area contributed by atoms with Crippen molar-refractivity contribution in [3.63, 3.8) is 0 Å². The summed E-state index contributed by atoms with van der Waals surface area (Å²) in [5.74, 6) is 1.87. The Morgan fingerprint density at radius 1 is 1.45 bits per heavy atom. The van der Waals surface area contributed by atoms with E-state index in [9.17, 15) is 0 Å². The van der Waals surface area contributed by atoms with E-state index >= 15 is 0 Å². The molecule has 0 radical (unpaired) electrons. The van der Waals surface area contributed by atoms with Gasteiger partial charge in [0.15, 0.2) is 0 Å². The molecule has 1 aromatic carbocycles. The van der Waals surface area contributed by atoms with E-state index in [4.69, 9.17) is 22.1 Å². The number of ether oxygens (including phenoxy) is 1. The van der Waals surface area contributed by atoms with Crippen LogP contribution in [0.2, 0.25) is 5.02 Å². The van der Waals surface area contributed by atoms with Crippen LogP contribution in [0.3, 0.4) is 0 Å². The number of methoxy groups -OCH3 is 1. The normalized spacial score (nSPS) is 23.6. The minimum atomic E-state index is 0.383. The summed E-state index contributed by atoms with van der Waals surface area (Å²) in [6, 6.07) is 4.39. The molecule has 0 aliphatic carbocycles. The first-order valence-electron chi connectivity index (χ1n) is 7.25. The molecule has 1 saturated heterocycles. The molecule has 2 atom stereocenters. The van der Waals surface area contributed by atoms with E-state index in [2.05, 4.69) is 31.9 Å². The highest BCUT2D eigenvalue weighted by molar-refractivity contribution is 6.30. The van der Waals surface area contributed by atoms with Crippen LogP contribution < -0.4 is 10.5 Å². The number of rotatable bonds is 4. The average Bonchev–Trinajstić information content (AvgIpc) is 2.78. The minimum Gasteiger partial charge on any atom is -0.496 e. The summed E-state index contributed by atoms with van der Waals surface area (Å²) in [4.78, 5) is 2.38. The molecule has 0 aromatic heterocycles. The van der Waals surface area contributed by atoms with Crippen molar-refractivity contribution in [2.24, 2.45) is 11.7 Å². The van der Waals surface area contributed by atoms with Gasteiger partial charge in [-0.3, -0.25) is 4.90 Å². The van der Waals surface area contributed by atoms with E-state index < -0.39 is 0 Å². The number of halogens is 1. The second kappa shape index (κ2) is 6.33. The molecule has 2 N–H and O–H groups in total. The van der Waals surface area contributed by atoms with Crippen LogP contribution in [0, 0.1) is 5.92 Å². The van der Waals surface area contributed by atoms with E-state index in [-0.39, 0.29) is 0 Å². The third-order valence-electron chi connectivity index (χ3n) is 4.26. The van der Waals surface area contributed by atoms with Gasteiger partial charge in [-0.1, -0.05) is 25.4 Å². The van der Waals surface area contributed by atoms with Gasteiger partial charge in [-0.15, -0.1) is 0 Å². The average molecular weight is 297 g/mol. The van der Waals surface area contributed by atoms with Crippen molar-refractivity contribution in [3.8, 4) is 5.75 Å². The molecule has 1 heterocycles. The standard InChI is InChI=1S/C16H25ClN2O/c1-10(2)16-13(6-12(17)7-15(16)20-4)14-5-11(8-18)9-19(14)3/h6-7,10-11,14H,5,8-9,18H2,1-4H3. The lowest BCUT2D eigenvalue weighted by Crippen LogP contribution is -2.21. The first-order chi connectivity index (χ1) is 9.47. The van der Waals surface area contributed by atoms with E-state index in [0.29, 0.717) is 17.9 Å². The Hall–Kier alpha value is -0.770. The number of nitrogens with two attached hydrogens (primary N) is 1. The van der Waals surface area contributed by atoms with Gasteiger partial charge in [-0.2, -0.15) is 0 Å². The Labute approximate surface area is 127 Å². The molecule has 1 aliphatic rings. The molecule has 112 valence electrons. The number of hydrogen-bond donors (Lipinski definition) is 1.